The Morgan fingerprint density at radius 1 is 1.54 bits per heavy atom. The summed E-state index contributed by atoms with van der Waals surface area (Å²) in [5, 5.41) is 15.1. The normalized spacial score (nSPS) is 14.8. The zero-order valence-electron chi connectivity index (χ0n) is 13.5. The summed E-state index contributed by atoms with van der Waals surface area (Å²) < 4.78 is 6.57. The van der Waals surface area contributed by atoms with Crippen molar-refractivity contribution in [2.75, 3.05) is 21.2 Å². The molecule has 1 aliphatic rings. The van der Waals surface area contributed by atoms with Crippen LogP contribution in [0.4, 0.5) is 0 Å². The van der Waals surface area contributed by atoms with Gasteiger partial charge in [-0.25, -0.2) is 9.48 Å². The first-order valence-corrected chi connectivity index (χ1v) is 6.90. The molecule has 0 saturated carbocycles. The number of ether oxygens (including phenoxy) is 1. The van der Waals surface area contributed by atoms with E-state index in [1.165, 1.54) is 23.0 Å². The largest absolute Gasteiger partial charge is 0.481 e. The molecular weight excluding hydrogens is 310 g/mol. The number of aliphatic imine (C=N–C) groups is 1. The molecule has 2 heterocycles. The predicted molar refractivity (Wildman–Crippen MR) is 90.7 cm³/mol. The van der Waals surface area contributed by atoms with Gasteiger partial charge in [0.25, 0.3) is 0 Å². The van der Waals surface area contributed by atoms with Gasteiger partial charge in [0.15, 0.2) is 5.69 Å². The van der Waals surface area contributed by atoms with E-state index < -0.39 is 5.97 Å². The number of methoxy groups -OCH3 is 1. The van der Waals surface area contributed by atoms with Crippen LogP contribution in [-0.2, 0) is 4.74 Å². The average Bonchev–Trinajstić information content (AvgIpc) is 2.99. The SMILES string of the molecule is C#C/C=C(\C=NC)n1nc(C(=O)O)cc1C1=CC=C(OC)NN1C. The standard InChI is InChI=1S/C16H17N5O3/c1-5-6-11(10-17-2)21-14(9-12(18-21)16(22)23)13-7-8-15(24-4)19-20(13)3/h1,6-10,19H,2-4H3,(H,22,23)/b11-6+,17-10?. The maximum Gasteiger partial charge on any atom is 0.356 e. The molecule has 1 aliphatic heterocycles. The van der Waals surface area contributed by atoms with Crippen molar-refractivity contribution in [3.8, 4) is 12.3 Å². The van der Waals surface area contributed by atoms with Crippen LogP contribution in [0.5, 0.6) is 0 Å². The second-order valence-corrected chi connectivity index (χ2v) is 4.71. The highest BCUT2D eigenvalue weighted by atomic mass is 16.5. The monoisotopic (exact) mass is 327 g/mol. The third kappa shape index (κ3) is 3.30. The smallest absolute Gasteiger partial charge is 0.356 e. The summed E-state index contributed by atoms with van der Waals surface area (Å²) in [6, 6.07) is 1.46. The summed E-state index contributed by atoms with van der Waals surface area (Å²) in [5.41, 5.74) is 4.59. The number of rotatable bonds is 5. The van der Waals surface area contributed by atoms with Gasteiger partial charge in [-0.15, -0.1) is 6.42 Å². The molecule has 0 fully saturated rings. The van der Waals surface area contributed by atoms with E-state index in [1.807, 2.05) is 0 Å². The first-order chi connectivity index (χ1) is 11.5. The highest BCUT2D eigenvalue weighted by Gasteiger charge is 2.22. The quantitative estimate of drug-likeness (QED) is 0.620. The number of hydrogen-bond acceptors (Lipinski definition) is 6. The number of nitrogens with zero attached hydrogens (tertiary/aromatic N) is 4. The minimum atomic E-state index is -1.14. The molecule has 0 saturated heterocycles. The number of hydrazine groups is 1. The van der Waals surface area contributed by atoms with Gasteiger partial charge in [0, 0.05) is 38.5 Å². The van der Waals surface area contributed by atoms with Gasteiger partial charge in [-0.1, -0.05) is 5.92 Å². The summed E-state index contributed by atoms with van der Waals surface area (Å²) in [5.74, 6) is 1.83. The Labute approximate surface area is 139 Å². The van der Waals surface area contributed by atoms with E-state index in [9.17, 15) is 9.90 Å². The van der Waals surface area contributed by atoms with Crippen LogP contribution < -0.4 is 5.43 Å². The highest BCUT2D eigenvalue weighted by Crippen LogP contribution is 2.24. The van der Waals surface area contributed by atoms with Gasteiger partial charge in [0.1, 0.15) is 0 Å². The predicted octanol–water partition coefficient (Wildman–Crippen LogP) is 1.03. The maximum atomic E-state index is 11.3. The lowest BCUT2D eigenvalue weighted by Crippen LogP contribution is -2.35. The van der Waals surface area contributed by atoms with Crippen LogP contribution in [-0.4, -0.2) is 53.3 Å². The summed E-state index contributed by atoms with van der Waals surface area (Å²) in [6.45, 7) is 0. The fraction of sp³-hybridized carbons (Fsp3) is 0.188. The molecule has 1 aromatic rings. The molecule has 124 valence electrons. The summed E-state index contributed by atoms with van der Waals surface area (Å²) in [7, 11) is 4.91. The van der Waals surface area contributed by atoms with Gasteiger partial charge in [-0.2, -0.15) is 5.10 Å². The molecule has 8 nitrogen and oxygen atoms in total. The Balaban J connectivity index is 2.63. The first-order valence-electron chi connectivity index (χ1n) is 6.90. The summed E-state index contributed by atoms with van der Waals surface area (Å²) >= 11 is 0. The van der Waals surface area contributed by atoms with Crippen molar-refractivity contribution in [1.29, 1.82) is 0 Å². The van der Waals surface area contributed by atoms with Gasteiger partial charge < -0.3 is 9.84 Å². The molecule has 0 radical (unpaired) electrons. The summed E-state index contributed by atoms with van der Waals surface area (Å²) in [6.07, 6.45) is 11.8. The molecule has 2 rings (SSSR count). The molecule has 24 heavy (non-hydrogen) atoms. The number of carboxylic acid groups (broad SMARTS) is 1. The summed E-state index contributed by atoms with van der Waals surface area (Å²) in [4.78, 5) is 15.3. The third-order valence-electron chi connectivity index (χ3n) is 3.18. The van der Waals surface area contributed by atoms with Crippen LogP contribution >= 0.6 is 0 Å². The Kier molecular flexibility index (Phi) is 5.06. The molecule has 0 aromatic carbocycles. The minimum Gasteiger partial charge on any atom is -0.481 e. The van der Waals surface area contributed by atoms with Gasteiger partial charge in [0.05, 0.1) is 24.2 Å². The van der Waals surface area contributed by atoms with Gasteiger partial charge in [-0.3, -0.25) is 15.4 Å². The zero-order chi connectivity index (χ0) is 17.7. The van der Waals surface area contributed by atoms with Crippen molar-refractivity contribution in [1.82, 2.24) is 20.2 Å². The lowest BCUT2D eigenvalue weighted by atomic mass is 10.2. The van der Waals surface area contributed by atoms with Crippen LogP contribution in [0.1, 0.15) is 16.2 Å². The number of aromatic carboxylic acids is 1. The second kappa shape index (κ2) is 7.19. The number of hydrogen-bond donors (Lipinski definition) is 2. The minimum absolute atomic E-state index is 0.103. The zero-order valence-corrected chi connectivity index (χ0v) is 13.5. The van der Waals surface area contributed by atoms with E-state index in [4.69, 9.17) is 11.2 Å². The van der Waals surface area contributed by atoms with Crippen molar-refractivity contribution in [3.63, 3.8) is 0 Å². The molecule has 0 bridgehead atoms. The van der Waals surface area contributed by atoms with Crippen molar-refractivity contribution in [2.45, 2.75) is 0 Å². The topological polar surface area (TPSA) is 92.0 Å². The lowest BCUT2D eigenvalue weighted by molar-refractivity contribution is 0.0690. The number of terminal acetylenes is 1. The van der Waals surface area contributed by atoms with Gasteiger partial charge in [0.2, 0.25) is 5.88 Å². The number of aromatic nitrogens is 2. The number of nitrogens with one attached hydrogen (secondary N) is 1. The lowest BCUT2D eigenvalue weighted by Gasteiger charge is -2.28. The molecule has 0 spiro atoms. The molecule has 0 unspecified atom stereocenters. The van der Waals surface area contributed by atoms with Gasteiger partial charge >= 0.3 is 5.97 Å². The van der Waals surface area contributed by atoms with E-state index >= 15 is 0 Å². The maximum absolute atomic E-state index is 11.3. The molecule has 2 N–H and O–H groups in total. The molecule has 8 heteroatoms. The third-order valence-corrected chi connectivity index (χ3v) is 3.18. The van der Waals surface area contributed by atoms with E-state index in [0.29, 0.717) is 23.0 Å². The Morgan fingerprint density at radius 2 is 2.29 bits per heavy atom. The average molecular weight is 327 g/mol. The van der Waals surface area contributed by atoms with Crippen LogP contribution in [0.15, 0.2) is 35.2 Å². The number of allylic oxidation sites excluding steroid dienone is 4. The van der Waals surface area contributed by atoms with Gasteiger partial charge in [-0.05, 0) is 6.08 Å². The fourth-order valence-corrected chi connectivity index (χ4v) is 2.14. The second-order valence-electron chi connectivity index (χ2n) is 4.71. The van der Waals surface area contributed by atoms with Crippen LogP contribution in [0.3, 0.4) is 0 Å². The molecule has 0 aliphatic carbocycles. The van der Waals surface area contributed by atoms with Crippen LogP contribution in [0.25, 0.3) is 11.4 Å². The molecule has 1 aromatic heterocycles. The fourth-order valence-electron chi connectivity index (χ4n) is 2.14. The Bertz CT molecular complexity index is 808. The van der Waals surface area contributed by atoms with Crippen LogP contribution in [0.2, 0.25) is 0 Å². The van der Waals surface area contributed by atoms with E-state index in [-0.39, 0.29) is 5.69 Å². The molecule has 0 amide bonds. The molecular formula is C16H17N5O3. The first kappa shape index (κ1) is 16.9. The van der Waals surface area contributed by atoms with Crippen molar-refractivity contribution < 1.29 is 14.6 Å². The number of carbonyl (C=O) groups is 1. The van der Waals surface area contributed by atoms with Crippen molar-refractivity contribution >= 4 is 23.6 Å². The number of carboxylic acids is 1. The molecule has 0 atom stereocenters. The van der Waals surface area contributed by atoms with Crippen LogP contribution in [0, 0.1) is 12.3 Å². The van der Waals surface area contributed by atoms with Crippen molar-refractivity contribution in [3.05, 3.63) is 41.6 Å². The Morgan fingerprint density at radius 3 is 2.83 bits per heavy atom. The van der Waals surface area contributed by atoms with E-state index in [0.717, 1.165) is 0 Å². The van der Waals surface area contributed by atoms with Crippen molar-refractivity contribution in [2.24, 2.45) is 4.99 Å². The van der Waals surface area contributed by atoms with E-state index in [2.05, 4.69) is 21.4 Å². The van der Waals surface area contributed by atoms with E-state index in [1.54, 1.807) is 38.4 Å². The highest BCUT2D eigenvalue weighted by molar-refractivity contribution is 6.03. The Hall–Kier alpha value is -3.47.